The number of carboxylic acids is 1. The van der Waals surface area contributed by atoms with Gasteiger partial charge in [-0.3, -0.25) is 4.79 Å². The van der Waals surface area contributed by atoms with Gasteiger partial charge < -0.3 is 10.4 Å². The predicted octanol–water partition coefficient (Wildman–Crippen LogP) is 3.08. The summed E-state index contributed by atoms with van der Waals surface area (Å²) < 4.78 is 0.920. The van der Waals surface area contributed by atoms with E-state index in [2.05, 4.69) is 21.2 Å². The van der Waals surface area contributed by atoms with Crippen LogP contribution in [0, 0.1) is 5.92 Å². The molecule has 0 aliphatic carbocycles. The first kappa shape index (κ1) is 16.4. The lowest BCUT2D eigenvalue weighted by Gasteiger charge is -2.15. The van der Waals surface area contributed by atoms with E-state index in [1.807, 2.05) is 38.1 Å². The number of hydrogen-bond acceptors (Lipinski definition) is 2. The van der Waals surface area contributed by atoms with Gasteiger partial charge in [-0.2, -0.15) is 0 Å². The van der Waals surface area contributed by atoms with E-state index in [9.17, 15) is 9.59 Å². The van der Waals surface area contributed by atoms with Crippen LogP contribution in [0.15, 0.2) is 34.8 Å². The average Bonchev–Trinajstić information content (AvgIpc) is 2.35. The molecule has 1 unspecified atom stereocenters. The number of aliphatic carboxylic acids is 1. The van der Waals surface area contributed by atoms with Crippen molar-refractivity contribution in [1.29, 1.82) is 0 Å². The molecule has 0 bridgehead atoms. The summed E-state index contributed by atoms with van der Waals surface area (Å²) in [6.45, 7) is 3.83. The number of rotatable bonds is 6. The van der Waals surface area contributed by atoms with Crippen LogP contribution in [0.4, 0.5) is 0 Å². The van der Waals surface area contributed by atoms with Crippen LogP contribution >= 0.6 is 15.9 Å². The zero-order valence-electron chi connectivity index (χ0n) is 11.5. The fourth-order valence-electron chi connectivity index (χ4n) is 1.69. The highest BCUT2D eigenvalue weighted by molar-refractivity contribution is 9.10. The first-order chi connectivity index (χ1) is 9.38. The molecule has 1 aromatic rings. The Labute approximate surface area is 127 Å². The topological polar surface area (TPSA) is 66.4 Å². The fourth-order valence-corrected chi connectivity index (χ4v) is 2.11. The highest BCUT2D eigenvalue weighted by Gasteiger charge is 2.19. The predicted molar refractivity (Wildman–Crippen MR) is 82.2 cm³/mol. The van der Waals surface area contributed by atoms with Crippen molar-refractivity contribution in [3.8, 4) is 0 Å². The molecular weight excluding hydrogens is 322 g/mol. The highest BCUT2D eigenvalue weighted by atomic mass is 79.9. The minimum absolute atomic E-state index is 0.199. The zero-order valence-corrected chi connectivity index (χ0v) is 13.1. The summed E-state index contributed by atoms with van der Waals surface area (Å²) in [7, 11) is 0. The molecule has 1 amide bonds. The number of carbonyl (C=O) groups excluding carboxylic acids is 1. The fraction of sp³-hybridized carbons (Fsp3) is 0.333. The van der Waals surface area contributed by atoms with Crippen LogP contribution in [0.1, 0.15) is 25.8 Å². The van der Waals surface area contributed by atoms with Crippen molar-refractivity contribution in [3.05, 3.63) is 40.4 Å². The van der Waals surface area contributed by atoms with E-state index in [1.54, 1.807) is 6.08 Å². The van der Waals surface area contributed by atoms with Gasteiger partial charge in [0.25, 0.3) is 0 Å². The molecule has 1 aromatic carbocycles. The number of benzene rings is 1. The molecular formula is C15H18BrNO3. The highest BCUT2D eigenvalue weighted by Crippen LogP contribution is 2.12. The first-order valence-corrected chi connectivity index (χ1v) is 7.14. The molecule has 20 heavy (non-hydrogen) atoms. The number of hydrogen-bond donors (Lipinski definition) is 2. The number of carbonyl (C=O) groups is 2. The summed E-state index contributed by atoms with van der Waals surface area (Å²) in [5.74, 6) is -1.22. The summed E-state index contributed by atoms with van der Waals surface area (Å²) >= 11 is 3.34. The molecule has 5 heteroatoms. The van der Waals surface area contributed by atoms with Gasteiger partial charge in [0.15, 0.2) is 0 Å². The van der Waals surface area contributed by atoms with Gasteiger partial charge in [-0.1, -0.05) is 41.9 Å². The molecule has 0 saturated carbocycles. The third-order valence-electron chi connectivity index (χ3n) is 2.60. The van der Waals surface area contributed by atoms with E-state index >= 15 is 0 Å². The molecule has 0 heterocycles. The van der Waals surface area contributed by atoms with Gasteiger partial charge in [-0.15, -0.1) is 0 Å². The molecule has 1 rings (SSSR count). The summed E-state index contributed by atoms with van der Waals surface area (Å²) in [6.07, 6.45) is 3.40. The quantitative estimate of drug-likeness (QED) is 0.782. The molecule has 4 nitrogen and oxygen atoms in total. The monoisotopic (exact) mass is 339 g/mol. The van der Waals surface area contributed by atoms with Gasteiger partial charge in [0, 0.05) is 10.5 Å². The summed E-state index contributed by atoms with van der Waals surface area (Å²) in [4.78, 5) is 22.8. The second-order valence-corrected chi connectivity index (χ2v) is 5.83. The Bertz CT molecular complexity index is 512. The van der Waals surface area contributed by atoms with Gasteiger partial charge >= 0.3 is 5.97 Å². The van der Waals surface area contributed by atoms with Crippen molar-refractivity contribution in [1.82, 2.24) is 5.32 Å². The third kappa shape index (κ3) is 6.02. The Balaban J connectivity index is 2.63. The van der Waals surface area contributed by atoms with Crippen LogP contribution in [0.3, 0.4) is 0 Å². The van der Waals surface area contributed by atoms with Crippen LogP contribution in [0.5, 0.6) is 0 Å². The Morgan fingerprint density at radius 1 is 1.40 bits per heavy atom. The first-order valence-electron chi connectivity index (χ1n) is 6.35. The van der Waals surface area contributed by atoms with E-state index in [-0.39, 0.29) is 5.92 Å². The second-order valence-electron chi connectivity index (χ2n) is 4.92. The number of nitrogens with one attached hydrogen (secondary N) is 1. The minimum Gasteiger partial charge on any atom is -0.480 e. The van der Waals surface area contributed by atoms with Gasteiger partial charge in [0.05, 0.1) is 0 Å². The number of amides is 1. The van der Waals surface area contributed by atoms with Crippen molar-refractivity contribution in [3.63, 3.8) is 0 Å². The van der Waals surface area contributed by atoms with Crippen LogP contribution < -0.4 is 5.32 Å². The Hall–Kier alpha value is -1.62. The molecule has 0 aromatic heterocycles. The average molecular weight is 340 g/mol. The lowest BCUT2D eigenvalue weighted by Crippen LogP contribution is -2.40. The van der Waals surface area contributed by atoms with Crippen molar-refractivity contribution in [2.75, 3.05) is 0 Å². The van der Waals surface area contributed by atoms with Crippen molar-refractivity contribution >= 4 is 33.9 Å². The summed E-state index contributed by atoms with van der Waals surface area (Å²) in [6, 6.07) is 6.62. The van der Waals surface area contributed by atoms with E-state index in [4.69, 9.17) is 5.11 Å². The second kappa shape index (κ2) is 7.85. The minimum atomic E-state index is -1.01. The smallest absolute Gasteiger partial charge is 0.326 e. The van der Waals surface area contributed by atoms with Crippen LogP contribution in [-0.2, 0) is 9.59 Å². The molecule has 1 atom stereocenters. The molecule has 108 valence electrons. The largest absolute Gasteiger partial charge is 0.480 e. The van der Waals surface area contributed by atoms with Gasteiger partial charge in [0.1, 0.15) is 6.04 Å². The maximum absolute atomic E-state index is 11.7. The van der Waals surface area contributed by atoms with Gasteiger partial charge in [-0.25, -0.2) is 4.79 Å². The summed E-state index contributed by atoms with van der Waals surface area (Å²) in [5, 5.41) is 11.5. The van der Waals surface area contributed by atoms with Crippen LogP contribution in [0.2, 0.25) is 0 Å². The van der Waals surface area contributed by atoms with Crippen molar-refractivity contribution in [2.24, 2.45) is 5.92 Å². The zero-order chi connectivity index (χ0) is 15.1. The van der Waals surface area contributed by atoms with E-state index in [1.165, 1.54) is 6.08 Å². The van der Waals surface area contributed by atoms with Gasteiger partial charge in [-0.05, 0) is 36.1 Å². The normalized spacial score (nSPS) is 12.6. The molecule has 0 aliphatic heterocycles. The van der Waals surface area contributed by atoms with E-state index in [0.717, 1.165) is 10.0 Å². The van der Waals surface area contributed by atoms with Crippen molar-refractivity contribution in [2.45, 2.75) is 26.3 Å². The third-order valence-corrected chi connectivity index (χ3v) is 3.09. The molecule has 0 aliphatic rings. The maximum atomic E-state index is 11.7. The van der Waals surface area contributed by atoms with Crippen molar-refractivity contribution < 1.29 is 14.7 Å². The SMILES string of the molecule is CC(C)CC(NC(=O)/C=C/c1cccc(Br)c1)C(=O)O. The van der Waals surface area contributed by atoms with E-state index < -0.39 is 17.9 Å². The lowest BCUT2D eigenvalue weighted by molar-refractivity contribution is -0.141. The standard InChI is InChI=1S/C15H18BrNO3/c1-10(2)8-13(15(19)20)17-14(18)7-6-11-4-3-5-12(16)9-11/h3-7,9-10,13H,8H2,1-2H3,(H,17,18)(H,19,20)/b7-6+. The number of carboxylic acid groups (broad SMARTS) is 1. The van der Waals surface area contributed by atoms with Gasteiger partial charge in [0.2, 0.25) is 5.91 Å². The molecule has 0 fully saturated rings. The molecule has 0 saturated heterocycles. The summed E-state index contributed by atoms with van der Waals surface area (Å²) in [5.41, 5.74) is 0.866. The van der Waals surface area contributed by atoms with Crippen LogP contribution in [0.25, 0.3) is 6.08 Å². The maximum Gasteiger partial charge on any atom is 0.326 e. The van der Waals surface area contributed by atoms with E-state index in [0.29, 0.717) is 6.42 Å². The Morgan fingerprint density at radius 3 is 2.65 bits per heavy atom. The number of halogens is 1. The Morgan fingerprint density at radius 2 is 2.10 bits per heavy atom. The molecule has 0 spiro atoms. The molecule has 2 N–H and O–H groups in total. The lowest BCUT2D eigenvalue weighted by atomic mass is 10.0. The van der Waals surface area contributed by atoms with Crippen LogP contribution in [-0.4, -0.2) is 23.0 Å². The Kier molecular flexibility index (Phi) is 6.45. The molecule has 0 radical (unpaired) electrons.